The second kappa shape index (κ2) is 10.8. The highest BCUT2D eigenvalue weighted by Crippen LogP contribution is 2.60. The summed E-state index contributed by atoms with van der Waals surface area (Å²) in [5, 5.41) is 0. The molecule has 0 bridgehead atoms. The number of carbonyl (C=O) groups excluding carboxylic acids is 3. The van der Waals surface area contributed by atoms with Gasteiger partial charge >= 0.3 is 17.9 Å². The van der Waals surface area contributed by atoms with E-state index in [4.69, 9.17) is 14.2 Å². The van der Waals surface area contributed by atoms with Crippen LogP contribution in [0.3, 0.4) is 0 Å². The second-order valence-electron chi connectivity index (χ2n) is 10.7. The van der Waals surface area contributed by atoms with Gasteiger partial charge in [-0.05, 0) is 61.2 Å². The predicted octanol–water partition coefficient (Wildman–Crippen LogP) is 5.38. The van der Waals surface area contributed by atoms with Crippen LogP contribution in [-0.2, 0) is 28.6 Å². The molecular formula is C26H42O6. The minimum atomic E-state index is -0.353. The quantitative estimate of drug-likeness (QED) is 0.266. The van der Waals surface area contributed by atoms with Gasteiger partial charge in [-0.3, -0.25) is 14.4 Å². The minimum absolute atomic E-state index is 0.0104. The van der Waals surface area contributed by atoms with Crippen molar-refractivity contribution in [2.75, 3.05) is 13.2 Å². The van der Waals surface area contributed by atoms with Crippen LogP contribution in [0, 0.1) is 22.7 Å². The Morgan fingerprint density at radius 1 is 0.969 bits per heavy atom. The zero-order valence-corrected chi connectivity index (χ0v) is 21.0. The van der Waals surface area contributed by atoms with Gasteiger partial charge in [-0.15, -0.1) is 0 Å². The number of esters is 3. The Morgan fingerprint density at radius 2 is 1.62 bits per heavy atom. The molecule has 0 aliphatic heterocycles. The van der Waals surface area contributed by atoms with E-state index in [-0.39, 0.29) is 41.4 Å². The zero-order chi connectivity index (χ0) is 24.1. The SMILES string of the molecule is CC(=O)OCC[C@@H](C)CCC1=C(COC(C)=O)[C@@H](OC(C)=O)C[C@H]2C(C)(C)CCC[C@]12C. The molecule has 32 heavy (non-hydrogen) atoms. The van der Waals surface area contributed by atoms with Crippen molar-refractivity contribution in [3.63, 3.8) is 0 Å². The monoisotopic (exact) mass is 450 g/mol. The van der Waals surface area contributed by atoms with E-state index in [2.05, 4.69) is 27.7 Å². The number of fused-ring (bicyclic) bond motifs is 1. The van der Waals surface area contributed by atoms with Crippen molar-refractivity contribution < 1.29 is 28.6 Å². The van der Waals surface area contributed by atoms with Crippen molar-refractivity contribution in [1.82, 2.24) is 0 Å². The van der Waals surface area contributed by atoms with Gasteiger partial charge in [0.1, 0.15) is 12.7 Å². The number of rotatable bonds is 9. The maximum atomic E-state index is 11.9. The molecular weight excluding hydrogens is 408 g/mol. The predicted molar refractivity (Wildman–Crippen MR) is 123 cm³/mol. The molecule has 0 unspecified atom stereocenters. The van der Waals surface area contributed by atoms with E-state index in [9.17, 15) is 14.4 Å². The van der Waals surface area contributed by atoms with E-state index >= 15 is 0 Å². The van der Waals surface area contributed by atoms with Crippen LogP contribution in [-0.4, -0.2) is 37.2 Å². The molecule has 6 nitrogen and oxygen atoms in total. The molecule has 1 fully saturated rings. The molecule has 2 rings (SSSR count). The number of hydrogen-bond acceptors (Lipinski definition) is 6. The Balaban J connectivity index is 2.38. The smallest absolute Gasteiger partial charge is 0.303 e. The Labute approximate surface area is 193 Å². The molecule has 6 heteroatoms. The van der Waals surface area contributed by atoms with E-state index in [1.165, 1.54) is 26.3 Å². The molecule has 4 atom stereocenters. The van der Waals surface area contributed by atoms with Gasteiger partial charge in [-0.25, -0.2) is 0 Å². The Bertz CT molecular complexity index is 737. The lowest BCUT2D eigenvalue weighted by atomic mass is 9.49. The average Bonchev–Trinajstić information content (AvgIpc) is 2.65. The molecule has 0 aromatic rings. The largest absolute Gasteiger partial charge is 0.466 e. The molecule has 2 aliphatic rings. The van der Waals surface area contributed by atoms with Crippen molar-refractivity contribution in [1.29, 1.82) is 0 Å². The highest BCUT2D eigenvalue weighted by molar-refractivity contribution is 5.67. The second-order valence-corrected chi connectivity index (χ2v) is 10.7. The molecule has 2 aliphatic carbocycles. The van der Waals surface area contributed by atoms with Crippen molar-refractivity contribution >= 4 is 17.9 Å². The first-order valence-electron chi connectivity index (χ1n) is 12.0. The lowest BCUT2D eigenvalue weighted by molar-refractivity contribution is -0.149. The number of ether oxygens (including phenoxy) is 3. The van der Waals surface area contributed by atoms with Crippen LogP contribution in [0.1, 0.15) is 93.4 Å². The van der Waals surface area contributed by atoms with Crippen LogP contribution in [0.5, 0.6) is 0 Å². The van der Waals surface area contributed by atoms with Crippen molar-refractivity contribution in [3.05, 3.63) is 11.1 Å². The summed E-state index contributed by atoms with van der Waals surface area (Å²) in [5.41, 5.74) is 2.40. The van der Waals surface area contributed by atoms with E-state index in [1.54, 1.807) is 0 Å². The van der Waals surface area contributed by atoms with Crippen molar-refractivity contribution in [2.45, 2.75) is 99.5 Å². The fourth-order valence-corrected chi connectivity index (χ4v) is 6.04. The van der Waals surface area contributed by atoms with E-state index in [1.807, 2.05) is 0 Å². The molecule has 1 saturated carbocycles. The number of hydrogen-bond donors (Lipinski definition) is 0. The third kappa shape index (κ3) is 6.58. The lowest BCUT2D eigenvalue weighted by Crippen LogP contribution is -2.50. The Kier molecular flexibility index (Phi) is 8.95. The first kappa shape index (κ1) is 26.4. The summed E-state index contributed by atoms with van der Waals surface area (Å²) in [6.45, 7) is 14.1. The van der Waals surface area contributed by atoms with Gasteiger partial charge in [-0.2, -0.15) is 0 Å². The molecule has 0 spiro atoms. The van der Waals surface area contributed by atoms with Gasteiger partial charge in [0.25, 0.3) is 0 Å². The number of carbonyl (C=O) groups is 3. The highest BCUT2D eigenvalue weighted by atomic mass is 16.6. The lowest BCUT2D eigenvalue weighted by Gasteiger charge is -2.56. The molecule has 0 aromatic heterocycles. The first-order valence-corrected chi connectivity index (χ1v) is 12.0. The van der Waals surface area contributed by atoms with Gasteiger partial charge in [-0.1, -0.05) is 39.7 Å². The maximum absolute atomic E-state index is 11.9. The molecule has 0 heterocycles. The molecule has 0 amide bonds. The summed E-state index contributed by atoms with van der Waals surface area (Å²) in [4.78, 5) is 34.7. The van der Waals surface area contributed by atoms with E-state index in [0.29, 0.717) is 18.4 Å². The van der Waals surface area contributed by atoms with Crippen LogP contribution in [0.25, 0.3) is 0 Å². The van der Waals surface area contributed by atoms with Crippen molar-refractivity contribution in [2.24, 2.45) is 22.7 Å². The Hall–Kier alpha value is -1.85. The fourth-order valence-electron chi connectivity index (χ4n) is 6.04. The average molecular weight is 451 g/mol. The van der Waals surface area contributed by atoms with Crippen LogP contribution < -0.4 is 0 Å². The number of allylic oxidation sites excluding steroid dienone is 1. The standard InChI is InChI=1S/C26H42O6/c1-17(11-14-30-18(2)27)9-10-22-21(16-31-19(3)28)23(32-20(4)29)15-24-25(5,6)12-8-13-26(22,24)7/h17,23-24H,8-16H2,1-7H3/t17-,23-,24-,26+/m0/s1. The topological polar surface area (TPSA) is 78.9 Å². The van der Waals surface area contributed by atoms with Gasteiger partial charge < -0.3 is 14.2 Å². The molecule has 182 valence electrons. The van der Waals surface area contributed by atoms with Crippen LogP contribution >= 0.6 is 0 Å². The molecule has 0 aromatic carbocycles. The van der Waals surface area contributed by atoms with Gasteiger partial charge in [0.15, 0.2) is 0 Å². The molecule has 0 radical (unpaired) electrons. The van der Waals surface area contributed by atoms with Gasteiger partial charge in [0, 0.05) is 26.3 Å². The summed E-state index contributed by atoms with van der Waals surface area (Å²) in [6, 6.07) is 0. The Morgan fingerprint density at radius 3 is 2.22 bits per heavy atom. The summed E-state index contributed by atoms with van der Waals surface area (Å²) in [5.74, 6) is -0.115. The molecule has 0 N–H and O–H groups in total. The maximum Gasteiger partial charge on any atom is 0.303 e. The van der Waals surface area contributed by atoms with Crippen molar-refractivity contribution in [3.8, 4) is 0 Å². The zero-order valence-electron chi connectivity index (χ0n) is 21.0. The van der Waals surface area contributed by atoms with Gasteiger partial charge in [0.05, 0.1) is 6.61 Å². The van der Waals surface area contributed by atoms with Crippen LogP contribution in [0.2, 0.25) is 0 Å². The molecule has 0 saturated heterocycles. The third-order valence-corrected chi connectivity index (χ3v) is 7.69. The normalized spacial score (nSPS) is 27.8. The highest BCUT2D eigenvalue weighted by Gasteiger charge is 2.53. The van der Waals surface area contributed by atoms with E-state index in [0.717, 1.165) is 50.5 Å². The van der Waals surface area contributed by atoms with Crippen LogP contribution in [0.4, 0.5) is 0 Å². The summed E-state index contributed by atoms with van der Waals surface area (Å²) in [6.07, 6.45) is 6.43. The fraction of sp³-hybridized carbons (Fsp3) is 0.808. The van der Waals surface area contributed by atoms with Crippen LogP contribution in [0.15, 0.2) is 11.1 Å². The first-order chi connectivity index (χ1) is 14.9. The van der Waals surface area contributed by atoms with Gasteiger partial charge in [0.2, 0.25) is 0 Å². The minimum Gasteiger partial charge on any atom is -0.466 e. The third-order valence-electron chi connectivity index (χ3n) is 7.69. The summed E-state index contributed by atoms with van der Waals surface area (Å²) < 4.78 is 16.4. The van der Waals surface area contributed by atoms with E-state index < -0.39 is 0 Å². The summed E-state index contributed by atoms with van der Waals surface area (Å²) in [7, 11) is 0. The summed E-state index contributed by atoms with van der Waals surface area (Å²) >= 11 is 0.